The molecule has 1 rings (SSSR count). The Hall–Kier alpha value is -1.63. The van der Waals surface area contributed by atoms with Gasteiger partial charge in [0.2, 0.25) is 11.8 Å². The molecule has 1 unspecified atom stereocenters. The Labute approximate surface area is 124 Å². The maximum Gasteiger partial charge on any atom is 0.326 e. The minimum absolute atomic E-state index is 0.0332. The Balaban J connectivity index is 2.43. The molecule has 1 aliphatic carbocycles. The molecule has 0 aromatic carbocycles. The van der Waals surface area contributed by atoms with Gasteiger partial charge in [-0.3, -0.25) is 9.59 Å². The van der Waals surface area contributed by atoms with E-state index in [-0.39, 0.29) is 24.7 Å². The Bertz CT molecular complexity index is 378. The lowest BCUT2D eigenvalue weighted by Crippen LogP contribution is -2.45. The predicted molar refractivity (Wildman–Crippen MR) is 77.4 cm³/mol. The second-order valence-electron chi connectivity index (χ2n) is 5.68. The standard InChI is InChI=1S/C14H25N3O4/c1-16-8-9-2-4-10(5-3-9)13(19)17-11(14(20)21)6-7-12(15)18/h9-11,16H,2-8H2,1H3,(H2,15,18)(H,17,19)(H,20,21). The van der Waals surface area contributed by atoms with E-state index in [0.717, 1.165) is 32.2 Å². The van der Waals surface area contributed by atoms with Gasteiger partial charge in [0, 0.05) is 12.3 Å². The van der Waals surface area contributed by atoms with E-state index in [0.29, 0.717) is 5.92 Å². The molecule has 1 aliphatic rings. The number of primary amides is 1. The van der Waals surface area contributed by atoms with Crippen LogP contribution < -0.4 is 16.4 Å². The average molecular weight is 299 g/mol. The summed E-state index contributed by atoms with van der Waals surface area (Å²) >= 11 is 0. The van der Waals surface area contributed by atoms with Gasteiger partial charge in [0.05, 0.1) is 0 Å². The number of carboxylic acids is 1. The summed E-state index contributed by atoms with van der Waals surface area (Å²) in [6.45, 7) is 0.949. The number of aliphatic carboxylic acids is 1. The molecule has 0 radical (unpaired) electrons. The van der Waals surface area contributed by atoms with Gasteiger partial charge in [0.1, 0.15) is 6.04 Å². The van der Waals surface area contributed by atoms with Crippen molar-refractivity contribution in [3.63, 3.8) is 0 Å². The topological polar surface area (TPSA) is 122 Å². The molecule has 5 N–H and O–H groups in total. The van der Waals surface area contributed by atoms with Gasteiger partial charge in [-0.05, 0) is 51.6 Å². The van der Waals surface area contributed by atoms with Crippen LogP contribution in [0.3, 0.4) is 0 Å². The van der Waals surface area contributed by atoms with Gasteiger partial charge in [0.15, 0.2) is 0 Å². The van der Waals surface area contributed by atoms with Crippen LogP contribution in [0.2, 0.25) is 0 Å². The third-order valence-corrected chi connectivity index (χ3v) is 4.00. The smallest absolute Gasteiger partial charge is 0.326 e. The van der Waals surface area contributed by atoms with E-state index in [1.807, 2.05) is 7.05 Å². The normalized spacial score (nSPS) is 23.3. The van der Waals surface area contributed by atoms with E-state index >= 15 is 0 Å². The van der Waals surface area contributed by atoms with Crippen LogP contribution in [0.5, 0.6) is 0 Å². The SMILES string of the molecule is CNCC1CCC(C(=O)NC(CCC(N)=O)C(=O)O)CC1. The van der Waals surface area contributed by atoms with E-state index in [2.05, 4.69) is 10.6 Å². The summed E-state index contributed by atoms with van der Waals surface area (Å²) in [5.74, 6) is -1.47. The Kier molecular flexibility index (Phi) is 7.14. The summed E-state index contributed by atoms with van der Waals surface area (Å²) < 4.78 is 0. The Morgan fingerprint density at radius 3 is 2.33 bits per heavy atom. The van der Waals surface area contributed by atoms with Crippen molar-refractivity contribution < 1.29 is 19.5 Å². The molecule has 0 heterocycles. The largest absolute Gasteiger partial charge is 0.480 e. The molecular weight excluding hydrogens is 274 g/mol. The van der Waals surface area contributed by atoms with Crippen LogP contribution in [0.4, 0.5) is 0 Å². The van der Waals surface area contributed by atoms with Crippen molar-refractivity contribution in [2.75, 3.05) is 13.6 Å². The number of carboxylic acid groups (broad SMARTS) is 1. The van der Waals surface area contributed by atoms with Crippen LogP contribution in [-0.2, 0) is 14.4 Å². The first-order chi connectivity index (χ1) is 9.93. The van der Waals surface area contributed by atoms with Crippen molar-refractivity contribution in [1.82, 2.24) is 10.6 Å². The molecule has 0 aliphatic heterocycles. The van der Waals surface area contributed by atoms with Crippen molar-refractivity contribution in [2.24, 2.45) is 17.6 Å². The lowest BCUT2D eigenvalue weighted by atomic mass is 9.81. The van der Waals surface area contributed by atoms with Gasteiger partial charge >= 0.3 is 5.97 Å². The number of nitrogens with one attached hydrogen (secondary N) is 2. The highest BCUT2D eigenvalue weighted by atomic mass is 16.4. The lowest BCUT2D eigenvalue weighted by molar-refractivity contribution is -0.143. The summed E-state index contributed by atoms with van der Waals surface area (Å²) in [6, 6.07) is -1.04. The van der Waals surface area contributed by atoms with Crippen LogP contribution in [0, 0.1) is 11.8 Å². The van der Waals surface area contributed by atoms with Gasteiger partial charge in [-0.15, -0.1) is 0 Å². The Morgan fingerprint density at radius 2 is 1.86 bits per heavy atom. The molecule has 0 saturated heterocycles. The Morgan fingerprint density at radius 1 is 1.24 bits per heavy atom. The van der Waals surface area contributed by atoms with E-state index in [9.17, 15) is 14.4 Å². The van der Waals surface area contributed by atoms with Crippen molar-refractivity contribution in [2.45, 2.75) is 44.6 Å². The number of nitrogens with two attached hydrogens (primary N) is 1. The maximum atomic E-state index is 12.1. The van der Waals surface area contributed by atoms with Crippen molar-refractivity contribution >= 4 is 17.8 Å². The monoisotopic (exact) mass is 299 g/mol. The second kappa shape index (κ2) is 8.61. The lowest BCUT2D eigenvalue weighted by Gasteiger charge is -2.28. The number of hydrogen-bond acceptors (Lipinski definition) is 4. The highest BCUT2D eigenvalue weighted by Crippen LogP contribution is 2.28. The highest BCUT2D eigenvalue weighted by Gasteiger charge is 2.29. The second-order valence-corrected chi connectivity index (χ2v) is 5.68. The minimum atomic E-state index is -1.13. The van der Waals surface area contributed by atoms with Crippen molar-refractivity contribution in [3.05, 3.63) is 0 Å². The molecule has 21 heavy (non-hydrogen) atoms. The predicted octanol–water partition coefficient (Wildman–Crippen LogP) is -0.153. The van der Waals surface area contributed by atoms with Crippen LogP contribution in [0.15, 0.2) is 0 Å². The number of carbonyl (C=O) groups excluding carboxylic acids is 2. The maximum absolute atomic E-state index is 12.1. The zero-order valence-electron chi connectivity index (χ0n) is 12.4. The van der Waals surface area contributed by atoms with Gasteiger partial charge in [0.25, 0.3) is 0 Å². The first kappa shape index (κ1) is 17.4. The molecule has 2 amide bonds. The number of hydrogen-bond donors (Lipinski definition) is 4. The molecule has 0 bridgehead atoms. The van der Waals surface area contributed by atoms with Gasteiger partial charge in [-0.25, -0.2) is 4.79 Å². The molecule has 1 atom stereocenters. The first-order valence-corrected chi connectivity index (χ1v) is 7.40. The van der Waals surface area contributed by atoms with Gasteiger partial charge in [-0.1, -0.05) is 0 Å². The number of carbonyl (C=O) groups is 3. The number of rotatable bonds is 8. The molecule has 120 valence electrons. The fourth-order valence-electron chi connectivity index (χ4n) is 2.75. The molecule has 1 fully saturated rings. The fraction of sp³-hybridized carbons (Fsp3) is 0.786. The average Bonchev–Trinajstić information content (AvgIpc) is 2.43. The van der Waals surface area contributed by atoms with Crippen LogP contribution >= 0.6 is 0 Å². The third-order valence-electron chi connectivity index (χ3n) is 4.00. The van der Waals surface area contributed by atoms with Gasteiger partial charge in [-0.2, -0.15) is 0 Å². The van der Waals surface area contributed by atoms with E-state index in [1.165, 1.54) is 0 Å². The molecule has 0 aromatic rings. The fourth-order valence-corrected chi connectivity index (χ4v) is 2.75. The zero-order valence-corrected chi connectivity index (χ0v) is 12.4. The zero-order chi connectivity index (χ0) is 15.8. The summed E-state index contributed by atoms with van der Waals surface area (Å²) in [5, 5.41) is 14.7. The molecule has 0 aromatic heterocycles. The molecule has 7 nitrogen and oxygen atoms in total. The van der Waals surface area contributed by atoms with Crippen LogP contribution in [-0.4, -0.2) is 42.5 Å². The van der Waals surface area contributed by atoms with E-state index < -0.39 is 17.9 Å². The highest BCUT2D eigenvalue weighted by molar-refractivity contribution is 5.85. The quantitative estimate of drug-likeness (QED) is 0.496. The van der Waals surface area contributed by atoms with Gasteiger partial charge < -0.3 is 21.5 Å². The van der Waals surface area contributed by atoms with Crippen molar-refractivity contribution in [3.8, 4) is 0 Å². The number of amides is 2. The molecule has 0 spiro atoms. The van der Waals surface area contributed by atoms with Crippen molar-refractivity contribution in [1.29, 1.82) is 0 Å². The van der Waals surface area contributed by atoms with E-state index in [1.54, 1.807) is 0 Å². The van der Waals surface area contributed by atoms with Crippen LogP contribution in [0.25, 0.3) is 0 Å². The molecule has 7 heteroatoms. The summed E-state index contributed by atoms with van der Waals surface area (Å²) in [6.07, 6.45) is 3.48. The summed E-state index contributed by atoms with van der Waals surface area (Å²) in [7, 11) is 1.91. The third kappa shape index (κ3) is 6.12. The van der Waals surface area contributed by atoms with E-state index in [4.69, 9.17) is 10.8 Å². The molecular formula is C14H25N3O4. The summed E-state index contributed by atoms with van der Waals surface area (Å²) in [4.78, 5) is 33.9. The van der Waals surface area contributed by atoms with Crippen LogP contribution in [0.1, 0.15) is 38.5 Å². The molecule has 1 saturated carbocycles. The summed E-state index contributed by atoms with van der Waals surface area (Å²) in [5.41, 5.74) is 5.01. The first-order valence-electron chi connectivity index (χ1n) is 7.40. The minimum Gasteiger partial charge on any atom is -0.480 e.